The highest BCUT2D eigenvalue weighted by atomic mass is 16.5. The van der Waals surface area contributed by atoms with Gasteiger partial charge in [0.15, 0.2) is 0 Å². The van der Waals surface area contributed by atoms with E-state index in [1.807, 2.05) is 35.2 Å². The first-order chi connectivity index (χ1) is 12.6. The molecule has 2 saturated heterocycles. The molecule has 0 spiro atoms. The van der Waals surface area contributed by atoms with Crippen LogP contribution in [-0.2, 0) is 9.53 Å². The number of carbonyl (C=O) groups is 2. The zero-order valence-electron chi connectivity index (χ0n) is 15.2. The van der Waals surface area contributed by atoms with E-state index in [0.717, 1.165) is 44.3 Å². The van der Waals surface area contributed by atoms with Crippen LogP contribution in [0.25, 0.3) is 0 Å². The van der Waals surface area contributed by atoms with Gasteiger partial charge in [-0.25, -0.2) is 0 Å². The fourth-order valence-corrected chi connectivity index (χ4v) is 3.76. The Bertz CT molecular complexity index is 594. The van der Waals surface area contributed by atoms with Gasteiger partial charge in [-0.2, -0.15) is 0 Å². The SMILES string of the molecule is NC(C(=O)NCC1CCN(C(=O)c2ccccc2)CC1)C1CCOCC1. The van der Waals surface area contributed by atoms with Crippen LogP contribution in [0.15, 0.2) is 30.3 Å². The lowest BCUT2D eigenvalue weighted by Crippen LogP contribution is -2.49. The molecule has 0 bridgehead atoms. The first-order valence-corrected chi connectivity index (χ1v) is 9.60. The Kier molecular flexibility index (Phi) is 6.63. The van der Waals surface area contributed by atoms with Gasteiger partial charge < -0.3 is 20.7 Å². The summed E-state index contributed by atoms with van der Waals surface area (Å²) in [6.07, 6.45) is 3.53. The van der Waals surface area contributed by atoms with Gasteiger partial charge in [0, 0.05) is 38.4 Å². The predicted molar refractivity (Wildman–Crippen MR) is 99.6 cm³/mol. The van der Waals surface area contributed by atoms with Gasteiger partial charge in [-0.1, -0.05) is 18.2 Å². The van der Waals surface area contributed by atoms with Crippen LogP contribution in [0.1, 0.15) is 36.0 Å². The normalized spacial score (nSPS) is 20.6. The summed E-state index contributed by atoms with van der Waals surface area (Å²) < 4.78 is 5.33. The Morgan fingerprint density at radius 2 is 1.77 bits per heavy atom. The molecule has 2 fully saturated rings. The molecule has 6 heteroatoms. The van der Waals surface area contributed by atoms with Gasteiger partial charge in [0.2, 0.25) is 5.91 Å². The van der Waals surface area contributed by atoms with E-state index >= 15 is 0 Å². The Balaban J connectivity index is 1.40. The summed E-state index contributed by atoms with van der Waals surface area (Å²) in [7, 11) is 0. The molecule has 6 nitrogen and oxygen atoms in total. The molecule has 0 aliphatic carbocycles. The molecule has 3 N–H and O–H groups in total. The van der Waals surface area contributed by atoms with Crippen LogP contribution in [0.5, 0.6) is 0 Å². The quantitative estimate of drug-likeness (QED) is 0.832. The summed E-state index contributed by atoms with van der Waals surface area (Å²) in [4.78, 5) is 26.7. The first-order valence-electron chi connectivity index (χ1n) is 9.60. The molecule has 2 aliphatic heterocycles. The third kappa shape index (κ3) is 4.83. The molecule has 0 radical (unpaired) electrons. The van der Waals surface area contributed by atoms with Crippen molar-refractivity contribution in [2.24, 2.45) is 17.6 Å². The second kappa shape index (κ2) is 9.14. The van der Waals surface area contributed by atoms with Gasteiger partial charge >= 0.3 is 0 Å². The molecular weight excluding hydrogens is 330 g/mol. The minimum Gasteiger partial charge on any atom is -0.381 e. The number of rotatable bonds is 5. The van der Waals surface area contributed by atoms with Gasteiger partial charge in [-0.05, 0) is 49.7 Å². The predicted octanol–water partition coefficient (Wildman–Crippen LogP) is 1.41. The topological polar surface area (TPSA) is 84.7 Å². The summed E-state index contributed by atoms with van der Waals surface area (Å²) in [5.41, 5.74) is 6.85. The fourth-order valence-electron chi connectivity index (χ4n) is 3.76. The highest BCUT2D eigenvalue weighted by molar-refractivity contribution is 5.94. The van der Waals surface area contributed by atoms with Gasteiger partial charge in [-0.3, -0.25) is 9.59 Å². The number of nitrogens with two attached hydrogens (primary N) is 1. The van der Waals surface area contributed by atoms with Crippen molar-refractivity contribution in [3.8, 4) is 0 Å². The van der Waals surface area contributed by atoms with Crippen LogP contribution in [0.2, 0.25) is 0 Å². The molecule has 1 unspecified atom stereocenters. The minimum atomic E-state index is -0.446. The van der Waals surface area contributed by atoms with Crippen LogP contribution < -0.4 is 11.1 Å². The van der Waals surface area contributed by atoms with Crippen molar-refractivity contribution in [2.75, 3.05) is 32.8 Å². The van der Waals surface area contributed by atoms with Crippen LogP contribution in [0, 0.1) is 11.8 Å². The van der Waals surface area contributed by atoms with E-state index in [2.05, 4.69) is 5.32 Å². The van der Waals surface area contributed by atoms with Gasteiger partial charge in [-0.15, -0.1) is 0 Å². The summed E-state index contributed by atoms with van der Waals surface area (Å²) in [5.74, 6) is 0.657. The number of nitrogens with zero attached hydrogens (tertiary/aromatic N) is 1. The van der Waals surface area contributed by atoms with Crippen molar-refractivity contribution in [3.63, 3.8) is 0 Å². The maximum Gasteiger partial charge on any atom is 0.253 e. The fraction of sp³-hybridized carbons (Fsp3) is 0.600. The Morgan fingerprint density at radius 3 is 2.42 bits per heavy atom. The molecule has 2 heterocycles. The highest BCUT2D eigenvalue weighted by Gasteiger charge is 2.28. The summed E-state index contributed by atoms with van der Waals surface area (Å²) in [6.45, 7) is 3.50. The van der Waals surface area contributed by atoms with E-state index in [9.17, 15) is 9.59 Å². The van der Waals surface area contributed by atoms with E-state index in [4.69, 9.17) is 10.5 Å². The van der Waals surface area contributed by atoms with E-state index in [1.165, 1.54) is 0 Å². The van der Waals surface area contributed by atoms with Crippen LogP contribution in [0.3, 0.4) is 0 Å². The molecular formula is C20H29N3O3. The number of piperidine rings is 1. The third-order valence-corrected chi connectivity index (χ3v) is 5.56. The maximum atomic E-state index is 12.5. The second-order valence-electron chi connectivity index (χ2n) is 7.32. The van der Waals surface area contributed by atoms with E-state index in [-0.39, 0.29) is 17.7 Å². The lowest BCUT2D eigenvalue weighted by molar-refractivity contribution is -0.124. The van der Waals surface area contributed by atoms with E-state index in [0.29, 0.717) is 25.7 Å². The number of hydrogen-bond donors (Lipinski definition) is 2. The maximum absolute atomic E-state index is 12.5. The number of carbonyl (C=O) groups excluding carboxylic acids is 2. The number of amides is 2. The average Bonchev–Trinajstić information content (AvgIpc) is 2.72. The first kappa shape index (κ1) is 18.9. The smallest absolute Gasteiger partial charge is 0.253 e. The molecule has 1 aromatic rings. The molecule has 1 aromatic carbocycles. The minimum absolute atomic E-state index is 0.0558. The molecule has 3 rings (SSSR count). The zero-order valence-corrected chi connectivity index (χ0v) is 15.2. The monoisotopic (exact) mass is 359 g/mol. The van der Waals surface area contributed by atoms with Gasteiger partial charge in [0.05, 0.1) is 6.04 Å². The van der Waals surface area contributed by atoms with E-state index < -0.39 is 6.04 Å². The molecule has 2 amide bonds. The van der Waals surface area contributed by atoms with Crippen LogP contribution >= 0.6 is 0 Å². The number of hydrogen-bond acceptors (Lipinski definition) is 4. The Hall–Kier alpha value is -1.92. The molecule has 26 heavy (non-hydrogen) atoms. The summed E-state index contributed by atoms with van der Waals surface area (Å²) in [6, 6.07) is 8.95. The Morgan fingerprint density at radius 1 is 1.12 bits per heavy atom. The summed E-state index contributed by atoms with van der Waals surface area (Å²) in [5, 5.41) is 3.02. The number of benzene rings is 1. The Labute approximate surface area is 155 Å². The lowest BCUT2D eigenvalue weighted by atomic mass is 9.91. The summed E-state index contributed by atoms with van der Waals surface area (Å²) >= 11 is 0. The van der Waals surface area contributed by atoms with Crippen molar-refractivity contribution in [3.05, 3.63) is 35.9 Å². The van der Waals surface area contributed by atoms with Crippen molar-refractivity contribution in [1.29, 1.82) is 0 Å². The van der Waals surface area contributed by atoms with Gasteiger partial charge in [0.25, 0.3) is 5.91 Å². The van der Waals surface area contributed by atoms with Crippen molar-refractivity contribution < 1.29 is 14.3 Å². The molecule has 0 saturated carbocycles. The number of likely N-dealkylation sites (tertiary alicyclic amines) is 1. The van der Waals surface area contributed by atoms with E-state index in [1.54, 1.807) is 0 Å². The lowest BCUT2D eigenvalue weighted by Gasteiger charge is -2.33. The zero-order chi connectivity index (χ0) is 18.4. The molecule has 1 atom stereocenters. The van der Waals surface area contributed by atoms with Crippen LogP contribution in [-0.4, -0.2) is 55.6 Å². The second-order valence-corrected chi connectivity index (χ2v) is 7.32. The highest BCUT2D eigenvalue weighted by Crippen LogP contribution is 2.20. The average molecular weight is 359 g/mol. The third-order valence-electron chi connectivity index (χ3n) is 5.56. The molecule has 2 aliphatic rings. The van der Waals surface area contributed by atoms with Crippen molar-refractivity contribution in [2.45, 2.75) is 31.7 Å². The molecule has 142 valence electrons. The van der Waals surface area contributed by atoms with Crippen molar-refractivity contribution in [1.82, 2.24) is 10.2 Å². The number of ether oxygens (including phenoxy) is 1. The standard InChI is InChI=1S/C20H29N3O3/c21-18(16-8-12-26-13-9-16)19(24)22-14-15-6-10-23(11-7-15)20(25)17-4-2-1-3-5-17/h1-5,15-16,18H,6-14,21H2,(H,22,24). The van der Waals surface area contributed by atoms with Crippen molar-refractivity contribution >= 4 is 11.8 Å². The van der Waals surface area contributed by atoms with Crippen LogP contribution in [0.4, 0.5) is 0 Å². The number of nitrogens with one attached hydrogen (secondary N) is 1. The molecule has 0 aromatic heterocycles. The largest absolute Gasteiger partial charge is 0.381 e. The van der Waals surface area contributed by atoms with Gasteiger partial charge in [0.1, 0.15) is 0 Å².